The van der Waals surface area contributed by atoms with E-state index in [0.29, 0.717) is 6.04 Å². The summed E-state index contributed by atoms with van der Waals surface area (Å²) in [5.74, 6) is 0. The van der Waals surface area contributed by atoms with Crippen LogP contribution in [0.2, 0.25) is 5.02 Å². The second-order valence-electron chi connectivity index (χ2n) is 6.06. The van der Waals surface area contributed by atoms with Gasteiger partial charge in [0.05, 0.1) is 0 Å². The third-order valence-electron chi connectivity index (χ3n) is 4.32. The van der Waals surface area contributed by atoms with E-state index in [-0.39, 0.29) is 5.54 Å². The second-order valence-corrected chi connectivity index (χ2v) is 6.46. The van der Waals surface area contributed by atoms with E-state index in [4.69, 9.17) is 11.6 Å². The van der Waals surface area contributed by atoms with Gasteiger partial charge in [0.1, 0.15) is 0 Å². The van der Waals surface area contributed by atoms with E-state index < -0.39 is 0 Å². The van der Waals surface area contributed by atoms with Crippen LogP contribution in [0.4, 0.5) is 0 Å². The molecule has 1 aromatic rings. The van der Waals surface area contributed by atoms with Crippen LogP contribution in [0.15, 0.2) is 24.3 Å². The fraction of sp³-hybridized carbons (Fsp3) is 0.625. The average molecular weight is 281 g/mol. The zero-order valence-corrected chi connectivity index (χ0v) is 13.0. The third-order valence-corrected chi connectivity index (χ3v) is 4.67. The van der Waals surface area contributed by atoms with E-state index in [2.05, 4.69) is 43.2 Å². The topological polar surface area (TPSA) is 15.3 Å². The van der Waals surface area contributed by atoms with Gasteiger partial charge >= 0.3 is 0 Å². The Morgan fingerprint density at radius 2 is 2.11 bits per heavy atom. The van der Waals surface area contributed by atoms with Gasteiger partial charge in [-0.15, -0.1) is 0 Å². The van der Waals surface area contributed by atoms with Gasteiger partial charge in [-0.25, -0.2) is 0 Å². The average Bonchev–Trinajstić information content (AvgIpc) is 2.39. The molecule has 1 aromatic carbocycles. The minimum absolute atomic E-state index is 0.239. The standard InChI is InChI=1S/C16H25ClN2/c1-13(14-8-4-5-9-15(14)17)19(3)12-16(2)10-6-7-11-18-16/h4-5,8-9,13,18H,6-7,10-12H2,1-3H3. The molecule has 1 fully saturated rings. The highest BCUT2D eigenvalue weighted by atomic mass is 35.5. The van der Waals surface area contributed by atoms with Gasteiger partial charge in [0.15, 0.2) is 0 Å². The maximum Gasteiger partial charge on any atom is 0.0453 e. The summed E-state index contributed by atoms with van der Waals surface area (Å²) in [5.41, 5.74) is 1.45. The molecule has 0 saturated carbocycles. The molecule has 0 radical (unpaired) electrons. The Balaban J connectivity index is 2.03. The number of likely N-dealkylation sites (N-methyl/N-ethyl adjacent to an activating group) is 1. The van der Waals surface area contributed by atoms with Crippen LogP contribution in [0.25, 0.3) is 0 Å². The smallest absolute Gasteiger partial charge is 0.0453 e. The van der Waals surface area contributed by atoms with Gasteiger partial charge in [0.2, 0.25) is 0 Å². The Kier molecular flexibility index (Phi) is 4.88. The van der Waals surface area contributed by atoms with E-state index in [9.17, 15) is 0 Å². The molecule has 19 heavy (non-hydrogen) atoms. The van der Waals surface area contributed by atoms with E-state index in [0.717, 1.165) is 18.1 Å². The minimum Gasteiger partial charge on any atom is -0.310 e. The molecule has 106 valence electrons. The monoisotopic (exact) mass is 280 g/mol. The number of nitrogens with zero attached hydrogens (tertiary/aromatic N) is 1. The van der Waals surface area contributed by atoms with Gasteiger partial charge in [-0.05, 0) is 51.9 Å². The number of nitrogens with one attached hydrogen (secondary N) is 1. The number of hydrogen-bond acceptors (Lipinski definition) is 2. The van der Waals surface area contributed by atoms with Crippen molar-refractivity contribution >= 4 is 11.6 Å². The molecule has 2 atom stereocenters. The van der Waals surface area contributed by atoms with Crippen LogP contribution in [-0.2, 0) is 0 Å². The lowest BCUT2D eigenvalue weighted by molar-refractivity contribution is 0.157. The summed E-state index contributed by atoms with van der Waals surface area (Å²) in [6, 6.07) is 8.49. The van der Waals surface area contributed by atoms with Gasteiger partial charge in [0.25, 0.3) is 0 Å². The molecule has 1 N–H and O–H groups in total. The molecular formula is C16H25ClN2. The Morgan fingerprint density at radius 1 is 1.37 bits per heavy atom. The van der Waals surface area contributed by atoms with Crippen LogP contribution >= 0.6 is 11.6 Å². The number of benzene rings is 1. The quantitative estimate of drug-likeness (QED) is 0.901. The highest BCUT2D eigenvalue weighted by Crippen LogP contribution is 2.28. The van der Waals surface area contributed by atoms with Crippen LogP contribution in [0.1, 0.15) is 44.7 Å². The van der Waals surface area contributed by atoms with Crippen LogP contribution in [0, 0.1) is 0 Å². The Bertz CT molecular complexity index is 413. The summed E-state index contributed by atoms with van der Waals surface area (Å²) >= 11 is 6.30. The molecule has 1 saturated heterocycles. The highest BCUT2D eigenvalue weighted by molar-refractivity contribution is 6.31. The summed E-state index contributed by atoms with van der Waals surface area (Å²) in [4.78, 5) is 2.40. The fourth-order valence-electron chi connectivity index (χ4n) is 2.99. The SMILES string of the molecule is CC(c1ccccc1Cl)N(C)CC1(C)CCCCN1. The summed E-state index contributed by atoms with van der Waals surface area (Å²) in [7, 11) is 2.19. The van der Waals surface area contributed by atoms with Crippen LogP contribution < -0.4 is 5.32 Å². The van der Waals surface area contributed by atoms with E-state index in [1.165, 1.54) is 24.8 Å². The first-order valence-electron chi connectivity index (χ1n) is 7.21. The number of hydrogen-bond donors (Lipinski definition) is 1. The molecule has 0 spiro atoms. The van der Waals surface area contributed by atoms with Crippen LogP contribution in [0.5, 0.6) is 0 Å². The van der Waals surface area contributed by atoms with Gasteiger partial charge in [0, 0.05) is 23.1 Å². The molecule has 2 nitrogen and oxygen atoms in total. The molecule has 0 bridgehead atoms. The Morgan fingerprint density at radius 3 is 2.74 bits per heavy atom. The molecule has 1 heterocycles. The molecular weight excluding hydrogens is 256 g/mol. The molecule has 2 rings (SSSR count). The van der Waals surface area contributed by atoms with Crippen molar-refractivity contribution in [2.75, 3.05) is 20.1 Å². The van der Waals surface area contributed by atoms with Crippen LogP contribution in [-0.4, -0.2) is 30.6 Å². The van der Waals surface area contributed by atoms with E-state index in [1.54, 1.807) is 0 Å². The Hall–Kier alpha value is -0.570. The normalized spacial score (nSPS) is 25.5. The predicted octanol–water partition coefficient (Wildman–Crippen LogP) is 3.87. The van der Waals surface area contributed by atoms with Crippen molar-refractivity contribution in [3.8, 4) is 0 Å². The zero-order chi connectivity index (χ0) is 13.9. The lowest BCUT2D eigenvalue weighted by Crippen LogP contribution is -2.53. The molecule has 1 aliphatic heterocycles. The highest BCUT2D eigenvalue weighted by Gasteiger charge is 2.29. The van der Waals surface area contributed by atoms with Crippen LogP contribution in [0.3, 0.4) is 0 Å². The van der Waals surface area contributed by atoms with Gasteiger partial charge in [-0.3, -0.25) is 4.90 Å². The predicted molar refractivity (Wildman–Crippen MR) is 82.8 cm³/mol. The van der Waals surface area contributed by atoms with Gasteiger partial charge in [-0.1, -0.05) is 36.2 Å². The fourth-order valence-corrected chi connectivity index (χ4v) is 3.29. The Labute approximate surface area is 122 Å². The lowest BCUT2D eigenvalue weighted by Gasteiger charge is -2.40. The molecule has 0 aliphatic carbocycles. The van der Waals surface area contributed by atoms with E-state index >= 15 is 0 Å². The first kappa shape index (κ1) is 14.8. The summed E-state index contributed by atoms with van der Waals surface area (Å²) < 4.78 is 0. The van der Waals surface area contributed by atoms with Crippen molar-refractivity contribution in [2.24, 2.45) is 0 Å². The van der Waals surface area contributed by atoms with Crippen molar-refractivity contribution in [2.45, 2.75) is 44.7 Å². The summed E-state index contributed by atoms with van der Waals surface area (Å²) in [6.07, 6.45) is 3.89. The van der Waals surface area contributed by atoms with Crippen molar-refractivity contribution in [1.29, 1.82) is 0 Å². The third kappa shape index (κ3) is 3.71. The number of piperidine rings is 1. The molecule has 0 aromatic heterocycles. The van der Waals surface area contributed by atoms with Crippen molar-refractivity contribution in [3.05, 3.63) is 34.9 Å². The number of rotatable bonds is 4. The van der Waals surface area contributed by atoms with Gasteiger partial charge < -0.3 is 5.32 Å². The summed E-state index contributed by atoms with van der Waals surface area (Å²) in [6.45, 7) is 6.76. The molecule has 3 heteroatoms. The van der Waals surface area contributed by atoms with Gasteiger partial charge in [-0.2, -0.15) is 0 Å². The minimum atomic E-state index is 0.239. The first-order valence-corrected chi connectivity index (χ1v) is 7.59. The van der Waals surface area contributed by atoms with Crippen molar-refractivity contribution in [1.82, 2.24) is 10.2 Å². The largest absolute Gasteiger partial charge is 0.310 e. The van der Waals surface area contributed by atoms with Crippen molar-refractivity contribution in [3.63, 3.8) is 0 Å². The van der Waals surface area contributed by atoms with E-state index in [1.807, 2.05) is 12.1 Å². The lowest BCUT2D eigenvalue weighted by atomic mass is 9.90. The molecule has 1 aliphatic rings. The molecule has 0 amide bonds. The second kappa shape index (κ2) is 6.25. The molecule has 2 unspecified atom stereocenters. The maximum absolute atomic E-state index is 6.30. The first-order chi connectivity index (χ1) is 9.02. The van der Waals surface area contributed by atoms with Crippen molar-refractivity contribution < 1.29 is 0 Å². The zero-order valence-electron chi connectivity index (χ0n) is 12.2. The number of halogens is 1. The summed E-state index contributed by atoms with van der Waals surface area (Å²) in [5, 5.41) is 4.54. The maximum atomic E-state index is 6.30.